The molecule has 4 rings (SSSR count). The molecule has 4 aromatic rings. The summed E-state index contributed by atoms with van der Waals surface area (Å²) in [6.07, 6.45) is 1.44. The van der Waals surface area contributed by atoms with Crippen LogP contribution in [0.3, 0.4) is 0 Å². The third kappa shape index (κ3) is 4.33. The zero-order valence-electron chi connectivity index (χ0n) is 16.8. The molecule has 0 radical (unpaired) electrons. The van der Waals surface area contributed by atoms with Crippen LogP contribution in [0.1, 0.15) is 5.56 Å². The van der Waals surface area contributed by atoms with Crippen LogP contribution in [0.15, 0.2) is 70.1 Å². The van der Waals surface area contributed by atoms with Crippen molar-refractivity contribution in [2.24, 2.45) is 0 Å². The molecule has 0 spiro atoms. The van der Waals surface area contributed by atoms with Crippen molar-refractivity contribution in [3.63, 3.8) is 0 Å². The largest absolute Gasteiger partial charge is 0.493 e. The van der Waals surface area contributed by atoms with Crippen LogP contribution in [0.25, 0.3) is 22.1 Å². The standard InChI is InChI=1S/C24H18Cl2O5/c1-28-21-8-4-15(10-23(21)29-2)18-13-31-22-11-16(5-6-17(22)24(18)27)30-12-14-3-7-19(25)20(26)9-14/h3-11,13H,12H2,1-2H3. The lowest BCUT2D eigenvalue weighted by atomic mass is 10.0. The molecule has 1 aromatic heterocycles. The van der Waals surface area contributed by atoms with Crippen molar-refractivity contribution in [1.82, 2.24) is 0 Å². The molecule has 0 amide bonds. The molecular formula is C24H18Cl2O5. The average Bonchev–Trinajstić information content (AvgIpc) is 2.79. The van der Waals surface area contributed by atoms with Gasteiger partial charge in [0.1, 0.15) is 24.2 Å². The van der Waals surface area contributed by atoms with E-state index in [1.165, 1.54) is 6.26 Å². The number of fused-ring (bicyclic) bond motifs is 1. The van der Waals surface area contributed by atoms with E-state index in [1.54, 1.807) is 62.8 Å². The van der Waals surface area contributed by atoms with E-state index in [2.05, 4.69) is 0 Å². The summed E-state index contributed by atoms with van der Waals surface area (Å²) in [6.45, 7) is 0.302. The van der Waals surface area contributed by atoms with Crippen LogP contribution < -0.4 is 19.6 Å². The van der Waals surface area contributed by atoms with Gasteiger partial charge in [-0.3, -0.25) is 4.79 Å². The fourth-order valence-corrected chi connectivity index (χ4v) is 3.52. The van der Waals surface area contributed by atoms with Gasteiger partial charge in [0.05, 0.1) is 35.2 Å². The Balaban J connectivity index is 1.62. The first-order valence-corrected chi connectivity index (χ1v) is 10.1. The number of benzene rings is 3. The van der Waals surface area contributed by atoms with Gasteiger partial charge in [-0.25, -0.2) is 0 Å². The van der Waals surface area contributed by atoms with Gasteiger partial charge in [0.25, 0.3) is 0 Å². The summed E-state index contributed by atoms with van der Waals surface area (Å²) in [5.74, 6) is 1.69. The quantitative estimate of drug-likeness (QED) is 0.337. The number of rotatable bonds is 6. The van der Waals surface area contributed by atoms with Gasteiger partial charge in [-0.05, 0) is 47.5 Å². The number of hydrogen-bond acceptors (Lipinski definition) is 5. The van der Waals surface area contributed by atoms with Crippen LogP contribution >= 0.6 is 23.2 Å². The maximum atomic E-state index is 13.0. The molecule has 0 bridgehead atoms. The summed E-state index contributed by atoms with van der Waals surface area (Å²) in [6, 6.07) is 15.7. The van der Waals surface area contributed by atoms with Crippen molar-refractivity contribution in [2.75, 3.05) is 14.2 Å². The van der Waals surface area contributed by atoms with Crippen molar-refractivity contribution in [1.29, 1.82) is 0 Å². The summed E-state index contributed by atoms with van der Waals surface area (Å²) < 4.78 is 22.1. The van der Waals surface area contributed by atoms with E-state index in [9.17, 15) is 4.79 Å². The SMILES string of the molecule is COc1ccc(-c2coc3cc(OCc4ccc(Cl)c(Cl)c4)ccc3c2=O)cc1OC. The Labute approximate surface area is 188 Å². The highest BCUT2D eigenvalue weighted by Gasteiger charge is 2.13. The van der Waals surface area contributed by atoms with Crippen molar-refractivity contribution < 1.29 is 18.6 Å². The topological polar surface area (TPSA) is 57.9 Å². The van der Waals surface area contributed by atoms with Crippen molar-refractivity contribution in [2.45, 2.75) is 6.61 Å². The van der Waals surface area contributed by atoms with Gasteiger partial charge in [-0.2, -0.15) is 0 Å². The van der Waals surface area contributed by atoms with Gasteiger partial charge in [-0.15, -0.1) is 0 Å². The lowest BCUT2D eigenvalue weighted by Crippen LogP contribution is -2.05. The molecule has 31 heavy (non-hydrogen) atoms. The predicted molar refractivity (Wildman–Crippen MR) is 122 cm³/mol. The van der Waals surface area contributed by atoms with E-state index in [-0.39, 0.29) is 5.43 Å². The van der Waals surface area contributed by atoms with Gasteiger partial charge < -0.3 is 18.6 Å². The summed E-state index contributed by atoms with van der Waals surface area (Å²) in [5.41, 5.74) is 2.26. The maximum absolute atomic E-state index is 13.0. The minimum atomic E-state index is -0.149. The maximum Gasteiger partial charge on any atom is 0.200 e. The van der Waals surface area contributed by atoms with E-state index >= 15 is 0 Å². The molecule has 0 aliphatic heterocycles. The molecule has 0 atom stereocenters. The molecule has 0 aliphatic rings. The zero-order valence-corrected chi connectivity index (χ0v) is 18.3. The molecular weight excluding hydrogens is 439 g/mol. The van der Waals surface area contributed by atoms with E-state index in [0.29, 0.717) is 56.0 Å². The average molecular weight is 457 g/mol. The van der Waals surface area contributed by atoms with Gasteiger partial charge in [0.2, 0.25) is 0 Å². The first-order valence-electron chi connectivity index (χ1n) is 9.35. The molecule has 158 valence electrons. The number of halogens is 2. The van der Waals surface area contributed by atoms with Crippen LogP contribution in [0.2, 0.25) is 10.0 Å². The number of hydrogen-bond donors (Lipinski definition) is 0. The summed E-state index contributed by atoms with van der Waals surface area (Å²) in [5, 5.41) is 1.41. The Morgan fingerprint density at radius 2 is 1.68 bits per heavy atom. The van der Waals surface area contributed by atoms with Crippen molar-refractivity contribution in [3.05, 3.63) is 86.7 Å². The summed E-state index contributed by atoms with van der Waals surface area (Å²) in [7, 11) is 3.10. The normalized spacial score (nSPS) is 10.8. The lowest BCUT2D eigenvalue weighted by Gasteiger charge is -2.10. The second-order valence-electron chi connectivity index (χ2n) is 6.74. The van der Waals surface area contributed by atoms with Crippen molar-refractivity contribution in [3.8, 4) is 28.4 Å². The van der Waals surface area contributed by atoms with Gasteiger partial charge in [0, 0.05) is 6.07 Å². The molecule has 1 heterocycles. The van der Waals surface area contributed by atoms with Crippen LogP contribution in [-0.4, -0.2) is 14.2 Å². The number of methoxy groups -OCH3 is 2. The predicted octanol–water partition coefficient (Wildman–Crippen LogP) is 6.36. The molecule has 7 heteroatoms. The van der Waals surface area contributed by atoms with E-state index in [4.69, 9.17) is 41.8 Å². The van der Waals surface area contributed by atoms with E-state index < -0.39 is 0 Å². The second-order valence-corrected chi connectivity index (χ2v) is 7.56. The first kappa shape index (κ1) is 21.1. The zero-order chi connectivity index (χ0) is 22.0. The van der Waals surface area contributed by atoms with Gasteiger partial charge in [0.15, 0.2) is 16.9 Å². The second kappa shape index (κ2) is 8.92. The Hall–Kier alpha value is -3.15. The Bertz CT molecular complexity index is 1310. The highest BCUT2D eigenvalue weighted by atomic mass is 35.5. The Morgan fingerprint density at radius 1 is 0.871 bits per heavy atom. The van der Waals surface area contributed by atoms with Gasteiger partial charge in [-0.1, -0.05) is 35.3 Å². The summed E-state index contributed by atoms with van der Waals surface area (Å²) in [4.78, 5) is 13.0. The molecule has 0 saturated carbocycles. The monoisotopic (exact) mass is 456 g/mol. The van der Waals surface area contributed by atoms with Crippen LogP contribution in [0, 0.1) is 0 Å². The smallest absolute Gasteiger partial charge is 0.200 e. The molecule has 3 aromatic carbocycles. The first-order chi connectivity index (χ1) is 15.0. The minimum absolute atomic E-state index is 0.149. The van der Waals surface area contributed by atoms with Crippen LogP contribution in [0.5, 0.6) is 17.2 Å². The lowest BCUT2D eigenvalue weighted by molar-refractivity contribution is 0.306. The van der Waals surface area contributed by atoms with Crippen molar-refractivity contribution >= 4 is 34.2 Å². The fraction of sp³-hybridized carbons (Fsp3) is 0.125. The number of ether oxygens (including phenoxy) is 3. The van der Waals surface area contributed by atoms with Crippen LogP contribution in [-0.2, 0) is 6.61 Å². The third-order valence-electron chi connectivity index (χ3n) is 4.83. The minimum Gasteiger partial charge on any atom is -0.493 e. The third-order valence-corrected chi connectivity index (χ3v) is 5.57. The van der Waals surface area contributed by atoms with Crippen LogP contribution in [0.4, 0.5) is 0 Å². The summed E-state index contributed by atoms with van der Waals surface area (Å²) >= 11 is 12.0. The molecule has 0 saturated heterocycles. The Kier molecular flexibility index (Phi) is 6.07. The van der Waals surface area contributed by atoms with E-state index in [0.717, 1.165) is 5.56 Å². The highest BCUT2D eigenvalue weighted by molar-refractivity contribution is 6.42. The van der Waals surface area contributed by atoms with Gasteiger partial charge >= 0.3 is 0 Å². The Morgan fingerprint density at radius 3 is 2.42 bits per heavy atom. The molecule has 0 unspecified atom stereocenters. The highest BCUT2D eigenvalue weighted by Crippen LogP contribution is 2.32. The molecule has 0 N–H and O–H groups in total. The molecule has 5 nitrogen and oxygen atoms in total. The fourth-order valence-electron chi connectivity index (χ4n) is 3.20. The molecule has 0 fully saturated rings. The van der Waals surface area contributed by atoms with E-state index in [1.807, 2.05) is 6.07 Å². The molecule has 0 aliphatic carbocycles.